The normalized spacial score (nSPS) is 26.6. The molecule has 2 aromatic rings. The van der Waals surface area contributed by atoms with Crippen molar-refractivity contribution in [2.45, 2.75) is 93.9 Å². The van der Waals surface area contributed by atoms with Crippen molar-refractivity contribution in [3.8, 4) is 28.7 Å². The molecule has 7 unspecified atom stereocenters. The molecule has 276 valence electrons. The molecule has 0 amide bonds. The number of ether oxygens (including phenoxy) is 4. The standard InChI is InChI=1S/C35H52O12S2/c1-44-32-13-22(14-33(35(32)43)46-20-39)12-27-28(40)16-24(45-19-38)7-5-23-15-31(47-25-6-4-21(11-25)3-2-9-36)29(41)17-26(23)34(8-10-37)49-48-18-30(27)42/h13-15,17,21,24-25,27-28,30,34,36-43H,2-12,16,18-20H2,1H3. The van der Waals surface area contributed by atoms with Gasteiger partial charge in [0.25, 0.3) is 0 Å². The molecule has 1 aliphatic carbocycles. The minimum atomic E-state index is -1.05. The number of phenolic OH excluding ortho intramolecular Hbond substituents is 2. The first-order valence-corrected chi connectivity index (χ1v) is 19.3. The highest BCUT2D eigenvalue weighted by Crippen LogP contribution is 2.47. The number of aromatic hydroxyl groups is 2. The van der Waals surface area contributed by atoms with Gasteiger partial charge in [-0.15, -0.1) is 0 Å². The highest BCUT2D eigenvalue weighted by Gasteiger charge is 2.33. The summed E-state index contributed by atoms with van der Waals surface area (Å²) >= 11 is 0. The third-order valence-corrected chi connectivity index (χ3v) is 12.3. The third-order valence-electron chi connectivity index (χ3n) is 9.49. The van der Waals surface area contributed by atoms with Crippen LogP contribution in [0.25, 0.3) is 0 Å². The summed E-state index contributed by atoms with van der Waals surface area (Å²) in [6, 6.07) is 6.68. The summed E-state index contributed by atoms with van der Waals surface area (Å²) in [5, 5.41) is 82.6. The molecular weight excluding hydrogens is 677 g/mol. The molecule has 1 fully saturated rings. The molecule has 0 radical (unpaired) electrons. The number of phenols is 2. The van der Waals surface area contributed by atoms with Crippen molar-refractivity contribution in [3.05, 3.63) is 41.0 Å². The monoisotopic (exact) mass is 728 g/mol. The molecule has 1 aliphatic heterocycles. The van der Waals surface area contributed by atoms with E-state index in [-0.39, 0.29) is 66.2 Å². The van der Waals surface area contributed by atoms with Crippen LogP contribution in [-0.4, -0.2) is 105 Å². The van der Waals surface area contributed by atoms with Crippen LogP contribution in [0.5, 0.6) is 28.7 Å². The lowest BCUT2D eigenvalue weighted by atomic mass is 9.85. The molecule has 0 aromatic heterocycles. The largest absolute Gasteiger partial charge is 0.504 e. The van der Waals surface area contributed by atoms with E-state index in [9.17, 15) is 40.9 Å². The van der Waals surface area contributed by atoms with Crippen molar-refractivity contribution in [2.24, 2.45) is 11.8 Å². The lowest BCUT2D eigenvalue weighted by molar-refractivity contribution is -0.0808. The maximum atomic E-state index is 11.6. The molecule has 1 saturated carbocycles. The van der Waals surface area contributed by atoms with E-state index in [1.165, 1.54) is 34.8 Å². The number of aliphatic hydroxyl groups excluding tert-OH is 6. The van der Waals surface area contributed by atoms with Gasteiger partial charge in [0, 0.05) is 30.1 Å². The molecule has 7 atom stereocenters. The van der Waals surface area contributed by atoms with E-state index in [0.29, 0.717) is 36.5 Å². The van der Waals surface area contributed by atoms with E-state index in [1.807, 2.05) is 6.07 Å². The quantitative estimate of drug-likeness (QED) is 0.103. The Morgan fingerprint density at radius 3 is 2.33 bits per heavy atom. The zero-order chi connectivity index (χ0) is 35.3. The first kappa shape index (κ1) is 39.6. The Morgan fingerprint density at radius 2 is 1.61 bits per heavy atom. The van der Waals surface area contributed by atoms with E-state index in [2.05, 4.69) is 0 Å². The number of fused-ring (bicyclic) bond motifs is 1. The molecule has 4 rings (SSSR count). The number of benzene rings is 2. The SMILES string of the molecule is COc1cc(CC2C(O)CSSC(CCO)c3cc(O)c(OC4CCC(CCCO)C4)cc3CCC(OCO)CC2O)cc(OCO)c1O. The number of hydrogen-bond acceptors (Lipinski definition) is 14. The van der Waals surface area contributed by atoms with Crippen molar-refractivity contribution in [2.75, 3.05) is 39.7 Å². The number of aliphatic hydroxyl groups is 6. The van der Waals surface area contributed by atoms with Crippen LogP contribution in [0.2, 0.25) is 0 Å². The van der Waals surface area contributed by atoms with E-state index in [1.54, 1.807) is 12.1 Å². The van der Waals surface area contributed by atoms with Gasteiger partial charge in [0.1, 0.15) is 6.79 Å². The molecule has 12 nitrogen and oxygen atoms in total. The number of hydrogen-bond donors (Lipinski definition) is 8. The van der Waals surface area contributed by atoms with Crippen LogP contribution in [0, 0.1) is 11.8 Å². The molecule has 0 saturated heterocycles. The van der Waals surface area contributed by atoms with Gasteiger partial charge in [0.15, 0.2) is 29.8 Å². The Bertz CT molecular complexity index is 1300. The third kappa shape index (κ3) is 11.2. The molecule has 2 aromatic carbocycles. The molecular formula is C35H52O12S2. The zero-order valence-corrected chi connectivity index (χ0v) is 29.6. The fourth-order valence-corrected chi connectivity index (χ4v) is 9.81. The van der Waals surface area contributed by atoms with Crippen LogP contribution in [0.4, 0.5) is 0 Å². The van der Waals surface area contributed by atoms with Crippen molar-refractivity contribution in [3.63, 3.8) is 0 Å². The molecule has 0 bridgehead atoms. The fourth-order valence-electron chi connectivity index (χ4n) is 6.91. The summed E-state index contributed by atoms with van der Waals surface area (Å²) in [4.78, 5) is 0. The predicted octanol–water partition coefficient (Wildman–Crippen LogP) is 3.81. The topological polar surface area (TPSA) is 199 Å². The van der Waals surface area contributed by atoms with Crippen LogP contribution in [0.15, 0.2) is 24.3 Å². The van der Waals surface area contributed by atoms with Gasteiger partial charge < -0.3 is 59.8 Å². The maximum absolute atomic E-state index is 11.6. The number of rotatable bonds is 14. The summed E-state index contributed by atoms with van der Waals surface area (Å²) in [5.74, 6) is 0.266. The van der Waals surface area contributed by atoms with Gasteiger partial charge >= 0.3 is 0 Å². The Morgan fingerprint density at radius 1 is 0.816 bits per heavy atom. The Balaban J connectivity index is 1.60. The van der Waals surface area contributed by atoms with Gasteiger partial charge in [-0.05, 0) is 111 Å². The van der Waals surface area contributed by atoms with Crippen molar-refractivity contribution < 1.29 is 59.8 Å². The second-order valence-electron chi connectivity index (χ2n) is 12.8. The smallest absolute Gasteiger partial charge is 0.200 e. The fraction of sp³-hybridized carbons (Fsp3) is 0.657. The highest BCUT2D eigenvalue weighted by molar-refractivity contribution is 8.76. The van der Waals surface area contributed by atoms with Crippen LogP contribution < -0.4 is 14.2 Å². The van der Waals surface area contributed by atoms with Gasteiger partial charge in [-0.1, -0.05) is 21.6 Å². The highest BCUT2D eigenvalue weighted by atomic mass is 33.1. The molecule has 2 aliphatic rings. The van der Waals surface area contributed by atoms with Crippen LogP contribution in [0.3, 0.4) is 0 Å². The summed E-state index contributed by atoms with van der Waals surface area (Å²) < 4.78 is 22.5. The first-order chi connectivity index (χ1) is 23.7. The second kappa shape index (κ2) is 20.0. The Labute approximate surface area is 295 Å². The van der Waals surface area contributed by atoms with Gasteiger partial charge in [0.05, 0.1) is 31.5 Å². The Kier molecular flexibility index (Phi) is 16.2. The summed E-state index contributed by atoms with van der Waals surface area (Å²) in [6.07, 6.45) is 3.36. The average Bonchev–Trinajstić information content (AvgIpc) is 3.53. The average molecular weight is 729 g/mol. The number of methoxy groups -OCH3 is 1. The molecule has 8 N–H and O–H groups in total. The summed E-state index contributed by atoms with van der Waals surface area (Å²) in [6.45, 7) is -1.14. The van der Waals surface area contributed by atoms with Crippen LogP contribution >= 0.6 is 21.6 Å². The first-order valence-electron chi connectivity index (χ1n) is 17.0. The van der Waals surface area contributed by atoms with Crippen molar-refractivity contribution >= 4 is 21.6 Å². The van der Waals surface area contributed by atoms with Gasteiger partial charge in [-0.2, -0.15) is 0 Å². The van der Waals surface area contributed by atoms with Crippen LogP contribution in [-0.2, 0) is 17.6 Å². The summed E-state index contributed by atoms with van der Waals surface area (Å²) in [5.41, 5.74) is 2.34. The number of aryl methyl sites for hydroxylation is 1. The van der Waals surface area contributed by atoms with Gasteiger partial charge in [-0.25, -0.2) is 0 Å². The molecule has 49 heavy (non-hydrogen) atoms. The maximum Gasteiger partial charge on any atom is 0.200 e. The van der Waals surface area contributed by atoms with Crippen LogP contribution in [0.1, 0.15) is 73.3 Å². The van der Waals surface area contributed by atoms with E-state index >= 15 is 0 Å². The Hall–Kier alpha value is -2.14. The molecule has 1 heterocycles. The predicted molar refractivity (Wildman–Crippen MR) is 187 cm³/mol. The molecule has 14 heteroatoms. The lowest BCUT2D eigenvalue weighted by Crippen LogP contribution is -2.38. The van der Waals surface area contributed by atoms with Gasteiger partial charge in [-0.3, -0.25) is 0 Å². The minimum Gasteiger partial charge on any atom is -0.504 e. The van der Waals surface area contributed by atoms with Crippen molar-refractivity contribution in [1.29, 1.82) is 0 Å². The van der Waals surface area contributed by atoms with E-state index < -0.39 is 37.8 Å². The van der Waals surface area contributed by atoms with Gasteiger partial charge in [0.2, 0.25) is 5.75 Å². The van der Waals surface area contributed by atoms with E-state index in [0.717, 1.165) is 43.2 Å². The zero-order valence-electron chi connectivity index (χ0n) is 28.0. The summed E-state index contributed by atoms with van der Waals surface area (Å²) in [7, 11) is 4.27. The second-order valence-corrected chi connectivity index (χ2v) is 15.4. The van der Waals surface area contributed by atoms with Crippen molar-refractivity contribution in [1.82, 2.24) is 0 Å². The minimum absolute atomic E-state index is 0.00236. The lowest BCUT2D eigenvalue weighted by Gasteiger charge is -2.30. The van der Waals surface area contributed by atoms with E-state index in [4.69, 9.17) is 18.9 Å². The molecule has 0 spiro atoms.